The zero-order chi connectivity index (χ0) is 11.0. The lowest BCUT2D eigenvalue weighted by Gasteiger charge is -2.12. The third-order valence-electron chi connectivity index (χ3n) is 2.94. The fourth-order valence-corrected chi connectivity index (χ4v) is 2.02. The van der Waals surface area contributed by atoms with Gasteiger partial charge in [-0.3, -0.25) is 4.68 Å². The van der Waals surface area contributed by atoms with E-state index in [4.69, 9.17) is 4.74 Å². The lowest BCUT2D eigenvalue weighted by atomic mass is 10.1. The molecule has 4 nitrogen and oxygen atoms in total. The number of hydrogen-bond donors (Lipinski definition) is 1. The van der Waals surface area contributed by atoms with E-state index in [1.54, 1.807) is 0 Å². The molecule has 84 valence electrons. The standard InChI is InChI=1S/C11H18N2O2/c1-7(2)9-4-13(12-8(9)3)10-5-15-6-11(10)14/h4,7,10-11,14H,5-6H2,1-3H3. The van der Waals surface area contributed by atoms with E-state index >= 15 is 0 Å². The molecule has 1 aliphatic rings. The first-order chi connectivity index (χ1) is 7.09. The molecule has 2 unspecified atom stereocenters. The summed E-state index contributed by atoms with van der Waals surface area (Å²) in [6.07, 6.45) is 1.60. The topological polar surface area (TPSA) is 47.3 Å². The molecule has 1 N–H and O–H groups in total. The van der Waals surface area contributed by atoms with Crippen LogP contribution in [0.1, 0.15) is 37.1 Å². The van der Waals surface area contributed by atoms with Gasteiger partial charge in [0, 0.05) is 6.20 Å². The maximum atomic E-state index is 9.70. The SMILES string of the molecule is Cc1nn(C2COCC2O)cc1C(C)C. The average molecular weight is 210 g/mol. The molecule has 1 saturated heterocycles. The van der Waals surface area contributed by atoms with Gasteiger partial charge < -0.3 is 9.84 Å². The molecule has 0 aromatic carbocycles. The van der Waals surface area contributed by atoms with E-state index in [1.165, 1.54) is 5.56 Å². The van der Waals surface area contributed by atoms with E-state index in [-0.39, 0.29) is 6.04 Å². The smallest absolute Gasteiger partial charge is 0.103 e. The van der Waals surface area contributed by atoms with Gasteiger partial charge in [-0.1, -0.05) is 13.8 Å². The molecule has 4 heteroatoms. The second kappa shape index (κ2) is 3.94. The Labute approximate surface area is 89.9 Å². The van der Waals surface area contributed by atoms with E-state index in [2.05, 4.69) is 18.9 Å². The minimum absolute atomic E-state index is 0.0174. The van der Waals surface area contributed by atoms with Gasteiger partial charge in [-0.25, -0.2) is 0 Å². The molecule has 2 heterocycles. The Morgan fingerprint density at radius 1 is 1.53 bits per heavy atom. The van der Waals surface area contributed by atoms with Crippen LogP contribution in [-0.4, -0.2) is 34.2 Å². The van der Waals surface area contributed by atoms with Crippen molar-refractivity contribution < 1.29 is 9.84 Å². The van der Waals surface area contributed by atoms with Crippen LogP contribution in [0.3, 0.4) is 0 Å². The predicted molar refractivity (Wildman–Crippen MR) is 56.9 cm³/mol. The number of nitrogens with zero attached hydrogens (tertiary/aromatic N) is 2. The van der Waals surface area contributed by atoms with Crippen molar-refractivity contribution in [3.8, 4) is 0 Å². The molecular formula is C11H18N2O2. The van der Waals surface area contributed by atoms with Gasteiger partial charge >= 0.3 is 0 Å². The molecular weight excluding hydrogens is 192 g/mol. The van der Waals surface area contributed by atoms with Crippen molar-refractivity contribution in [3.63, 3.8) is 0 Å². The fraction of sp³-hybridized carbons (Fsp3) is 0.727. The second-order valence-corrected chi connectivity index (χ2v) is 4.48. The summed E-state index contributed by atoms with van der Waals surface area (Å²) in [4.78, 5) is 0. The van der Waals surface area contributed by atoms with Crippen LogP contribution in [0.5, 0.6) is 0 Å². The molecule has 15 heavy (non-hydrogen) atoms. The summed E-state index contributed by atoms with van der Waals surface area (Å²) in [6, 6.07) is -0.0174. The van der Waals surface area contributed by atoms with Crippen molar-refractivity contribution in [2.24, 2.45) is 0 Å². The highest BCUT2D eigenvalue weighted by Gasteiger charge is 2.29. The summed E-state index contributed by atoms with van der Waals surface area (Å²) in [6.45, 7) is 7.28. The molecule has 1 aliphatic heterocycles. The summed E-state index contributed by atoms with van der Waals surface area (Å²) < 4.78 is 7.07. The highest BCUT2D eigenvalue weighted by atomic mass is 16.5. The van der Waals surface area contributed by atoms with Crippen LogP contribution in [0.4, 0.5) is 0 Å². The van der Waals surface area contributed by atoms with Gasteiger partial charge in [0.1, 0.15) is 12.1 Å². The van der Waals surface area contributed by atoms with Crippen LogP contribution in [0.15, 0.2) is 6.20 Å². The quantitative estimate of drug-likeness (QED) is 0.799. The number of aromatic nitrogens is 2. The first-order valence-electron chi connectivity index (χ1n) is 5.41. The van der Waals surface area contributed by atoms with E-state index in [9.17, 15) is 5.11 Å². The normalized spacial score (nSPS) is 26.5. The highest BCUT2D eigenvalue weighted by Crippen LogP contribution is 2.23. The fourth-order valence-electron chi connectivity index (χ4n) is 2.02. The molecule has 2 atom stereocenters. The number of ether oxygens (including phenoxy) is 1. The van der Waals surface area contributed by atoms with Gasteiger partial charge in [0.05, 0.1) is 18.9 Å². The molecule has 2 rings (SSSR count). The first kappa shape index (κ1) is 10.6. The Bertz CT molecular complexity index is 346. The van der Waals surface area contributed by atoms with Crippen LogP contribution in [0.2, 0.25) is 0 Å². The summed E-state index contributed by atoms with van der Waals surface area (Å²) in [5, 5.41) is 14.1. The van der Waals surface area contributed by atoms with Crippen molar-refractivity contribution in [1.29, 1.82) is 0 Å². The molecule has 1 fully saturated rings. The number of aliphatic hydroxyl groups excluding tert-OH is 1. The zero-order valence-corrected chi connectivity index (χ0v) is 9.47. The molecule has 0 saturated carbocycles. The number of aryl methyl sites for hydroxylation is 1. The molecule has 0 radical (unpaired) electrons. The largest absolute Gasteiger partial charge is 0.388 e. The van der Waals surface area contributed by atoms with Crippen molar-refractivity contribution in [3.05, 3.63) is 17.5 Å². The van der Waals surface area contributed by atoms with Gasteiger partial charge in [-0.05, 0) is 18.4 Å². The van der Waals surface area contributed by atoms with Crippen LogP contribution >= 0.6 is 0 Å². The Balaban J connectivity index is 2.25. The van der Waals surface area contributed by atoms with Gasteiger partial charge in [0.2, 0.25) is 0 Å². The maximum Gasteiger partial charge on any atom is 0.103 e. The lowest BCUT2D eigenvalue weighted by Crippen LogP contribution is -2.22. The minimum Gasteiger partial charge on any atom is -0.388 e. The number of aliphatic hydroxyl groups is 1. The van der Waals surface area contributed by atoms with E-state index in [1.807, 2.05) is 17.8 Å². The van der Waals surface area contributed by atoms with Crippen LogP contribution in [-0.2, 0) is 4.74 Å². The molecule has 0 spiro atoms. The maximum absolute atomic E-state index is 9.70. The van der Waals surface area contributed by atoms with Crippen LogP contribution in [0, 0.1) is 6.92 Å². The zero-order valence-electron chi connectivity index (χ0n) is 9.47. The Morgan fingerprint density at radius 3 is 2.73 bits per heavy atom. The minimum atomic E-state index is -0.427. The van der Waals surface area contributed by atoms with Gasteiger partial charge in [-0.15, -0.1) is 0 Å². The molecule has 1 aromatic heterocycles. The van der Waals surface area contributed by atoms with E-state index in [0.29, 0.717) is 19.1 Å². The lowest BCUT2D eigenvalue weighted by molar-refractivity contribution is 0.118. The van der Waals surface area contributed by atoms with Crippen molar-refractivity contribution in [2.45, 2.75) is 38.8 Å². The molecule has 0 aliphatic carbocycles. The summed E-state index contributed by atoms with van der Waals surface area (Å²) in [5.74, 6) is 0.471. The number of hydrogen-bond acceptors (Lipinski definition) is 3. The van der Waals surface area contributed by atoms with Gasteiger partial charge in [-0.2, -0.15) is 5.10 Å². The van der Waals surface area contributed by atoms with Crippen LogP contribution < -0.4 is 0 Å². The molecule has 1 aromatic rings. The summed E-state index contributed by atoms with van der Waals surface area (Å²) in [7, 11) is 0. The summed E-state index contributed by atoms with van der Waals surface area (Å²) >= 11 is 0. The number of rotatable bonds is 2. The van der Waals surface area contributed by atoms with Crippen molar-refractivity contribution in [2.75, 3.05) is 13.2 Å². The molecule has 0 bridgehead atoms. The highest BCUT2D eigenvalue weighted by molar-refractivity contribution is 5.19. The van der Waals surface area contributed by atoms with Gasteiger partial charge in [0.15, 0.2) is 0 Å². The van der Waals surface area contributed by atoms with Crippen LogP contribution in [0.25, 0.3) is 0 Å². The van der Waals surface area contributed by atoms with Crippen molar-refractivity contribution >= 4 is 0 Å². The van der Waals surface area contributed by atoms with Gasteiger partial charge in [0.25, 0.3) is 0 Å². The second-order valence-electron chi connectivity index (χ2n) is 4.48. The summed E-state index contributed by atoms with van der Waals surface area (Å²) in [5.41, 5.74) is 2.29. The van der Waals surface area contributed by atoms with E-state index < -0.39 is 6.10 Å². The monoisotopic (exact) mass is 210 g/mol. The Morgan fingerprint density at radius 2 is 2.27 bits per heavy atom. The van der Waals surface area contributed by atoms with E-state index in [0.717, 1.165) is 5.69 Å². The predicted octanol–water partition coefficient (Wildman–Crippen LogP) is 1.25. The molecule has 0 amide bonds. The average Bonchev–Trinajstić information content (AvgIpc) is 2.71. The third kappa shape index (κ3) is 1.92. The van der Waals surface area contributed by atoms with Crippen molar-refractivity contribution in [1.82, 2.24) is 9.78 Å². The Kier molecular flexibility index (Phi) is 2.80. The first-order valence-corrected chi connectivity index (χ1v) is 5.41. The Hall–Kier alpha value is -0.870. The third-order valence-corrected chi connectivity index (χ3v) is 2.94.